The summed E-state index contributed by atoms with van der Waals surface area (Å²) in [7, 11) is 0. The fourth-order valence-corrected chi connectivity index (χ4v) is 0.448. The van der Waals surface area contributed by atoms with Crippen molar-refractivity contribution in [2.24, 2.45) is 0 Å². The first-order chi connectivity index (χ1) is 5.31. The molecule has 0 amide bonds. The third-order valence-corrected chi connectivity index (χ3v) is 1.03. The lowest BCUT2D eigenvalue weighted by Crippen LogP contribution is -1.69. The highest BCUT2D eigenvalue weighted by molar-refractivity contribution is 5.04. The Bertz CT molecular complexity index is 160. The van der Waals surface area contributed by atoms with Gasteiger partial charge in [-0.25, -0.2) is 0 Å². The number of aliphatic hydroxyl groups excluding tert-OH is 1. The number of hydrogen-bond donors (Lipinski definition) is 1. The van der Waals surface area contributed by atoms with E-state index in [0.717, 1.165) is 6.42 Å². The molecule has 0 aliphatic rings. The summed E-state index contributed by atoms with van der Waals surface area (Å²) in [6.07, 6.45) is 4.48. The van der Waals surface area contributed by atoms with Crippen LogP contribution >= 0.6 is 0 Å². The van der Waals surface area contributed by atoms with E-state index < -0.39 is 0 Å². The molecule has 1 aromatic heterocycles. The van der Waals surface area contributed by atoms with Gasteiger partial charge in [0.2, 0.25) is 0 Å². The molecule has 0 saturated heterocycles. The molecular formula is C9H15NO. The normalized spacial score (nSPS) is 8.27. The van der Waals surface area contributed by atoms with Crippen molar-refractivity contribution in [1.29, 1.82) is 0 Å². The molecule has 0 fully saturated rings. The predicted molar refractivity (Wildman–Crippen MR) is 46.4 cm³/mol. The number of aryl methyl sites for hydroxylation is 1. The Balaban J connectivity index is 0.000000218. The molecule has 0 atom stereocenters. The topological polar surface area (TPSA) is 33.1 Å². The van der Waals surface area contributed by atoms with Crippen LogP contribution in [-0.4, -0.2) is 16.7 Å². The van der Waals surface area contributed by atoms with E-state index in [0.29, 0.717) is 6.61 Å². The van der Waals surface area contributed by atoms with E-state index in [1.54, 1.807) is 6.20 Å². The number of nitrogens with zero attached hydrogens (tertiary/aromatic N) is 1. The Morgan fingerprint density at radius 3 is 2.36 bits per heavy atom. The minimum absolute atomic E-state index is 0.319. The molecule has 0 saturated carbocycles. The number of pyridine rings is 1. The molecule has 1 heterocycles. The molecule has 0 unspecified atom stereocenters. The molecule has 11 heavy (non-hydrogen) atoms. The Morgan fingerprint density at radius 1 is 1.55 bits per heavy atom. The number of rotatable bonds is 1. The van der Waals surface area contributed by atoms with E-state index in [2.05, 4.69) is 4.98 Å². The summed E-state index contributed by atoms with van der Waals surface area (Å²) >= 11 is 0. The lowest BCUT2D eigenvalue weighted by Gasteiger charge is -1.82. The van der Waals surface area contributed by atoms with Gasteiger partial charge in [0.15, 0.2) is 0 Å². The molecule has 62 valence electrons. The summed E-state index contributed by atoms with van der Waals surface area (Å²) in [5.41, 5.74) is 1.21. The molecule has 0 spiro atoms. The van der Waals surface area contributed by atoms with Crippen LogP contribution in [0.1, 0.15) is 18.9 Å². The molecule has 1 N–H and O–H groups in total. The molecule has 0 aliphatic carbocycles. The molecule has 0 bridgehead atoms. The Labute approximate surface area is 67.9 Å². The van der Waals surface area contributed by atoms with Crippen LogP contribution in [0.15, 0.2) is 24.5 Å². The highest BCUT2D eigenvalue weighted by Gasteiger charge is 1.73. The minimum atomic E-state index is 0.319. The summed E-state index contributed by atoms with van der Waals surface area (Å²) in [6.45, 7) is 4.27. The minimum Gasteiger partial charge on any atom is -0.396 e. The van der Waals surface area contributed by atoms with Crippen LogP contribution in [-0.2, 0) is 0 Å². The molecule has 1 aromatic rings. The van der Waals surface area contributed by atoms with Gasteiger partial charge < -0.3 is 5.11 Å². The standard InChI is InChI=1S/C6H7N.C3H8O/c1-6-3-2-4-7-5-6;1-2-3-4/h2-5H,1H3;4H,2-3H2,1H3. The van der Waals surface area contributed by atoms with E-state index in [1.807, 2.05) is 32.2 Å². The maximum atomic E-state index is 7.88. The van der Waals surface area contributed by atoms with Gasteiger partial charge in [0.25, 0.3) is 0 Å². The monoisotopic (exact) mass is 153 g/mol. The number of aromatic nitrogens is 1. The van der Waals surface area contributed by atoms with Crippen LogP contribution in [0.2, 0.25) is 0 Å². The first kappa shape index (κ1) is 10.1. The first-order valence-electron chi connectivity index (χ1n) is 3.78. The van der Waals surface area contributed by atoms with Crippen LogP contribution in [0.5, 0.6) is 0 Å². The summed E-state index contributed by atoms with van der Waals surface area (Å²) in [5, 5.41) is 7.88. The summed E-state index contributed by atoms with van der Waals surface area (Å²) in [4.78, 5) is 3.88. The van der Waals surface area contributed by atoms with Crippen molar-refractivity contribution in [2.45, 2.75) is 20.3 Å². The summed E-state index contributed by atoms with van der Waals surface area (Å²) in [5.74, 6) is 0. The Morgan fingerprint density at radius 2 is 2.18 bits per heavy atom. The zero-order valence-corrected chi connectivity index (χ0v) is 7.12. The average Bonchev–Trinajstić information content (AvgIpc) is 2.07. The molecule has 0 radical (unpaired) electrons. The second kappa shape index (κ2) is 7.22. The van der Waals surface area contributed by atoms with Gasteiger partial charge in [-0.05, 0) is 25.0 Å². The van der Waals surface area contributed by atoms with Gasteiger partial charge in [0, 0.05) is 19.0 Å². The molecule has 2 heteroatoms. The lowest BCUT2D eigenvalue weighted by molar-refractivity contribution is 0.295. The van der Waals surface area contributed by atoms with E-state index >= 15 is 0 Å². The number of aliphatic hydroxyl groups is 1. The quantitative estimate of drug-likeness (QED) is 0.667. The largest absolute Gasteiger partial charge is 0.396 e. The second-order valence-electron chi connectivity index (χ2n) is 2.25. The van der Waals surface area contributed by atoms with Crippen molar-refractivity contribution in [1.82, 2.24) is 4.98 Å². The summed E-state index contributed by atoms with van der Waals surface area (Å²) < 4.78 is 0. The van der Waals surface area contributed by atoms with E-state index in [9.17, 15) is 0 Å². The van der Waals surface area contributed by atoms with Gasteiger partial charge in [0.05, 0.1) is 0 Å². The maximum absolute atomic E-state index is 7.88. The van der Waals surface area contributed by atoms with Gasteiger partial charge in [-0.3, -0.25) is 4.98 Å². The Hall–Kier alpha value is -0.890. The van der Waals surface area contributed by atoms with Crippen molar-refractivity contribution in [3.05, 3.63) is 30.1 Å². The third kappa shape index (κ3) is 7.00. The van der Waals surface area contributed by atoms with Crippen molar-refractivity contribution in [3.8, 4) is 0 Å². The van der Waals surface area contributed by atoms with Crippen LogP contribution < -0.4 is 0 Å². The van der Waals surface area contributed by atoms with Gasteiger partial charge in [-0.1, -0.05) is 13.0 Å². The fraction of sp³-hybridized carbons (Fsp3) is 0.444. The first-order valence-corrected chi connectivity index (χ1v) is 3.78. The smallest absolute Gasteiger partial charge is 0.0428 e. The van der Waals surface area contributed by atoms with Crippen molar-refractivity contribution < 1.29 is 5.11 Å². The highest BCUT2D eigenvalue weighted by Crippen LogP contribution is 1.88. The average molecular weight is 153 g/mol. The molecule has 0 aromatic carbocycles. The highest BCUT2D eigenvalue weighted by atomic mass is 16.2. The van der Waals surface area contributed by atoms with Crippen LogP contribution in [0.3, 0.4) is 0 Å². The maximum Gasteiger partial charge on any atom is 0.0428 e. The van der Waals surface area contributed by atoms with Gasteiger partial charge in [0.1, 0.15) is 0 Å². The van der Waals surface area contributed by atoms with Gasteiger partial charge in [-0.15, -0.1) is 0 Å². The van der Waals surface area contributed by atoms with Crippen molar-refractivity contribution >= 4 is 0 Å². The molecule has 0 aliphatic heterocycles. The van der Waals surface area contributed by atoms with Crippen molar-refractivity contribution in [2.75, 3.05) is 6.61 Å². The van der Waals surface area contributed by atoms with Crippen LogP contribution in [0, 0.1) is 6.92 Å². The van der Waals surface area contributed by atoms with E-state index in [-0.39, 0.29) is 0 Å². The summed E-state index contributed by atoms with van der Waals surface area (Å²) in [6, 6.07) is 3.95. The Kier molecular flexibility index (Phi) is 6.64. The van der Waals surface area contributed by atoms with Gasteiger partial charge in [-0.2, -0.15) is 0 Å². The van der Waals surface area contributed by atoms with Crippen molar-refractivity contribution in [3.63, 3.8) is 0 Å². The van der Waals surface area contributed by atoms with Crippen LogP contribution in [0.4, 0.5) is 0 Å². The van der Waals surface area contributed by atoms with E-state index in [1.165, 1.54) is 5.56 Å². The second-order valence-corrected chi connectivity index (χ2v) is 2.25. The number of hydrogen-bond acceptors (Lipinski definition) is 2. The van der Waals surface area contributed by atoms with Gasteiger partial charge >= 0.3 is 0 Å². The fourth-order valence-electron chi connectivity index (χ4n) is 0.448. The van der Waals surface area contributed by atoms with Crippen LogP contribution in [0.25, 0.3) is 0 Å². The zero-order chi connectivity index (χ0) is 8.53. The molecule has 2 nitrogen and oxygen atoms in total. The predicted octanol–water partition coefficient (Wildman–Crippen LogP) is 1.78. The molecule has 1 rings (SSSR count). The third-order valence-electron chi connectivity index (χ3n) is 1.03. The lowest BCUT2D eigenvalue weighted by atomic mass is 10.3. The molecular weight excluding hydrogens is 138 g/mol. The SMILES string of the molecule is CCCO.Cc1cccnc1. The zero-order valence-electron chi connectivity index (χ0n) is 7.12. The van der Waals surface area contributed by atoms with E-state index in [4.69, 9.17) is 5.11 Å².